The van der Waals surface area contributed by atoms with E-state index >= 15 is 0 Å². The standard InChI is InChI=1S/C23H28N4O4/c1-3-22(29)27-15(2)14-19(18-6-4-5-7-20(18)27)25-16-8-10-17(11-9-16)26-21(28)12-13-24-23(30)31/h4-11,15,19,24-25H,3,12-14H2,1-2H3,(H,26,28)(H,30,31)/t15-,19+/m0/s1. The number of para-hydroxylation sites is 1. The van der Waals surface area contributed by atoms with Gasteiger partial charge < -0.3 is 26.0 Å². The Kier molecular flexibility index (Phi) is 7.12. The molecule has 0 radical (unpaired) electrons. The van der Waals surface area contributed by atoms with Gasteiger partial charge in [-0.05, 0) is 49.2 Å². The third-order valence-corrected chi connectivity index (χ3v) is 5.30. The minimum Gasteiger partial charge on any atom is -0.465 e. The van der Waals surface area contributed by atoms with Crippen LogP contribution in [-0.4, -0.2) is 35.6 Å². The van der Waals surface area contributed by atoms with Crippen LogP contribution in [0.4, 0.5) is 21.9 Å². The number of nitrogens with one attached hydrogen (secondary N) is 3. The summed E-state index contributed by atoms with van der Waals surface area (Å²) in [7, 11) is 0. The summed E-state index contributed by atoms with van der Waals surface area (Å²) in [5.74, 6) is -0.137. The molecule has 164 valence electrons. The molecule has 0 saturated heterocycles. The van der Waals surface area contributed by atoms with E-state index in [1.54, 1.807) is 12.1 Å². The average molecular weight is 425 g/mol. The Hall–Kier alpha value is -3.55. The number of carbonyl (C=O) groups is 3. The van der Waals surface area contributed by atoms with Crippen LogP contribution in [0.3, 0.4) is 0 Å². The second-order valence-corrected chi connectivity index (χ2v) is 7.57. The van der Waals surface area contributed by atoms with E-state index in [9.17, 15) is 14.4 Å². The largest absolute Gasteiger partial charge is 0.465 e. The van der Waals surface area contributed by atoms with Crippen molar-refractivity contribution >= 4 is 35.0 Å². The van der Waals surface area contributed by atoms with E-state index in [0.29, 0.717) is 12.1 Å². The first kappa shape index (κ1) is 22.1. The van der Waals surface area contributed by atoms with Crippen molar-refractivity contribution in [3.63, 3.8) is 0 Å². The summed E-state index contributed by atoms with van der Waals surface area (Å²) >= 11 is 0. The van der Waals surface area contributed by atoms with E-state index in [0.717, 1.165) is 23.4 Å². The topological polar surface area (TPSA) is 111 Å². The fourth-order valence-electron chi connectivity index (χ4n) is 3.86. The average Bonchev–Trinajstić information content (AvgIpc) is 2.74. The Morgan fingerprint density at radius 1 is 1.06 bits per heavy atom. The Labute approximate surface area is 181 Å². The quantitative estimate of drug-likeness (QED) is 0.537. The zero-order valence-electron chi connectivity index (χ0n) is 17.7. The molecule has 0 bridgehead atoms. The summed E-state index contributed by atoms with van der Waals surface area (Å²) in [6, 6.07) is 15.5. The maximum atomic E-state index is 12.5. The molecule has 2 atom stereocenters. The van der Waals surface area contributed by atoms with Crippen LogP contribution in [0.2, 0.25) is 0 Å². The minimum absolute atomic E-state index is 0.0645. The first-order valence-electron chi connectivity index (χ1n) is 10.4. The summed E-state index contributed by atoms with van der Waals surface area (Å²) in [6.45, 7) is 4.01. The highest BCUT2D eigenvalue weighted by atomic mass is 16.4. The van der Waals surface area contributed by atoms with Gasteiger partial charge in [0, 0.05) is 42.5 Å². The zero-order chi connectivity index (χ0) is 22.4. The zero-order valence-corrected chi connectivity index (χ0v) is 17.7. The molecule has 4 N–H and O–H groups in total. The number of carbonyl (C=O) groups excluding carboxylic acids is 2. The van der Waals surface area contributed by atoms with Gasteiger partial charge in [0.25, 0.3) is 0 Å². The lowest BCUT2D eigenvalue weighted by molar-refractivity contribution is -0.119. The van der Waals surface area contributed by atoms with Gasteiger partial charge in [-0.3, -0.25) is 9.59 Å². The Balaban J connectivity index is 1.66. The number of nitrogens with zero attached hydrogens (tertiary/aromatic N) is 1. The Morgan fingerprint density at radius 3 is 2.42 bits per heavy atom. The highest BCUT2D eigenvalue weighted by Crippen LogP contribution is 2.39. The van der Waals surface area contributed by atoms with Gasteiger partial charge in [0.05, 0.1) is 6.04 Å². The maximum absolute atomic E-state index is 12.5. The number of fused-ring (bicyclic) bond motifs is 1. The van der Waals surface area contributed by atoms with E-state index < -0.39 is 6.09 Å². The molecule has 0 fully saturated rings. The molecule has 3 rings (SSSR count). The number of carboxylic acid groups (broad SMARTS) is 1. The van der Waals surface area contributed by atoms with E-state index in [1.165, 1.54) is 0 Å². The summed E-state index contributed by atoms with van der Waals surface area (Å²) in [5.41, 5.74) is 3.59. The fraction of sp³-hybridized carbons (Fsp3) is 0.348. The molecule has 2 aromatic rings. The summed E-state index contributed by atoms with van der Waals surface area (Å²) in [4.78, 5) is 36.7. The van der Waals surface area contributed by atoms with Crippen LogP contribution < -0.4 is 20.9 Å². The number of anilines is 3. The van der Waals surface area contributed by atoms with Gasteiger partial charge in [-0.1, -0.05) is 25.1 Å². The van der Waals surface area contributed by atoms with Crippen LogP contribution in [0.15, 0.2) is 48.5 Å². The third kappa shape index (κ3) is 5.53. The smallest absolute Gasteiger partial charge is 0.404 e. The fourth-order valence-corrected chi connectivity index (χ4v) is 3.86. The molecule has 0 saturated carbocycles. The molecule has 0 aliphatic carbocycles. The van der Waals surface area contributed by atoms with Crippen molar-refractivity contribution in [2.75, 3.05) is 22.1 Å². The Bertz CT molecular complexity index is 945. The number of hydrogen-bond donors (Lipinski definition) is 4. The molecule has 8 heteroatoms. The van der Waals surface area contributed by atoms with Crippen LogP contribution >= 0.6 is 0 Å². The second kappa shape index (κ2) is 9.97. The first-order valence-corrected chi connectivity index (χ1v) is 10.4. The summed E-state index contributed by atoms with van der Waals surface area (Å²) in [6.07, 6.45) is 0.175. The summed E-state index contributed by atoms with van der Waals surface area (Å²) < 4.78 is 0. The molecule has 1 aliphatic heterocycles. The number of benzene rings is 2. The molecule has 0 spiro atoms. The van der Waals surface area contributed by atoms with Crippen molar-refractivity contribution in [3.05, 3.63) is 54.1 Å². The van der Waals surface area contributed by atoms with Gasteiger partial charge in [-0.2, -0.15) is 0 Å². The van der Waals surface area contributed by atoms with Crippen molar-refractivity contribution in [1.29, 1.82) is 0 Å². The van der Waals surface area contributed by atoms with Gasteiger partial charge in [-0.25, -0.2) is 4.79 Å². The SMILES string of the molecule is CCC(=O)N1c2ccccc2[C@H](Nc2ccc(NC(=O)CCNC(=O)O)cc2)C[C@@H]1C. The van der Waals surface area contributed by atoms with Gasteiger partial charge in [0.2, 0.25) is 11.8 Å². The molecule has 0 aromatic heterocycles. The molecule has 1 heterocycles. The van der Waals surface area contributed by atoms with Crippen molar-refractivity contribution in [3.8, 4) is 0 Å². The van der Waals surface area contributed by atoms with Crippen LogP contribution in [-0.2, 0) is 9.59 Å². The van der Waals surface area contributed by atoms with Gasteiger partial charge in [0.1, 0.15) is 0 Å². The van der Waals surface area contributed by atoms with Gasteiger partial charge in [-0.15, -0.1) is 0 Å². The molecule has 1 aliphatic rings. The third-order valence-electron chi connectivity index (χ3n) is 5.30. The van der Waals surface area contributed by atoms with E-state index in [2.05, 4.69) is 28.9 Å². The van der Waals surface area contributed by atoms with Crippen LogP contribution in [0.5, 0.6) is 0 Å². The lowest BCUT2D eigenvalue weighted by atomic mass is 9.91. The predicted molar refractivity (Wildman–Crippen MR) is 120 cm³/mol. The lowest BCUT2D eigenvalue weighted by Crippen LogP contribution is -2.44. The second-order valence-electron chi connectivity index (χ2n) is 7.57. The molecule has 8 nitrogen and oxygen atoms in total. The van der Waals surface area contributed by atoms with Crippen LogP contribution in [0.25, 0.3) is 0 Å². The molecular formula is C23H28N4O4. The van der Waals surface area contributed by atoms with Gasteiger partial charge >= 0.3 is 6.09 Å². The molecular weight excluding hydrogens is 396 g/mol. The van der Waals surface area contributed by atoms with E-state index in [-0.39, 0.29) is 36.9 Å². The minimum atomic E-state index is -1.15. The van der Waals surface area contributed by atoms with Crippen LogP contribution in [0, 0.1) is 0 Å². The molecule has 31 heavy (non-hydrogen) atoms. The molecule has 3 amide bonds. The summed E-state index contributed by atoms with van der Waals surface area (Å²) in [5, 5.41) is 17.0. The van der Waals surface area contributed by atoms with Gasteiger partial charge in [0.15, 0.2) is 0 Å². The Morgan fingerprint density at radius 2 is 1.74 bits per heavy atom. The van der Waals surface area contributed by atoms with Crippen molar-refractivity contribution < 1.29 is 19.5 Å². The molecule has 0 unspecified atom stereocenters. The lowest BCUT2D eigenvalue weighted by Gasteiger charge is -2.40. The van der Waals surface area contributed by atoms with Crippen LogP contribution in [0.1, 0.15) is 44.7 Å². The first-order chi connectivity index (χ1) is 14.9. The monoisotopic (exact) mass is 424 g/mol. The van der Waals surface area contributed by atoms with E-state index in [1.807, 2.05) is 42.2 Å². The maximum Gasteiger partial charge on any atom is 0.404 e. The van der Waals surface area contributed by atoms with Crippen molar-refractivity contribution in [2.45, 2.75) is 45.2 Å². The number of rotatable bonds is 7. The molecule has 2 aromatic carbocycles. The van der Waals surface area contributed by atoms with E-state index in [4.69, 9.17) is 5.11 Å². The van der Waals surface area contributed by atoms with Crippen molar-refractivity contribution in [2.24, 2.45) is 0 Å². The highest BCUT2D eigenvalue weighted by Gasteiger charge is 2.32. The van der Waals surface area contributed by atoms with Crippen molar-refractivity contribution in [1.82, 2.24) is 5.32 Å². The predicted octanol–water partition coefficient (Wildman–Crippen LogP) is 3.97. The number of amides is 3. The highest BCUT2D eigenvalue weighted by molar-refractivity contribution is 5.95. The normalized spacial score (nSPS) is 17.4. The number of hydrogen-bond acceptors (Lipinski definition) is 4.